The van der Waals surface area contributed by atoms with Crippen molar-refractivity contribution >= 4 is 12.0 Å². The van der Waals surface area contributed by atoms with Gasteiger partial charge in [0.2, 0.25) is 0 Å². The van der Waals surface area contributed by atoms with E-state index in [1.807, 2.05) is 0 Å². The maximum Gasteiger partial charge on any atom is 0.323 e. The molecule has 0 aromatic heterocycles. The molecular formula is C9H17N3O3. The fourth-order valence-corrected chi connectivity index (χ4v) is 1.10. The second-order valence-corrected chi connectivity index (χ2v) is 3.59. The van der Waals surface area contributed by atoms with Crippen molar-refractivity contribution in [2.75, 3.05) is 19.6 Å². The summed E-state index contributed by atoms with van der Waals surface area (Å²) >= 11 is 0. The first-order chi connectivity index (χ1) is 7.18. The quantitative estimate of drug-likeness (QED) is 0.431. The minimum Gasteiger partial charge on any atom is -0.480 e. The van der Waals surface area contributed by atoms with Crippen LogP contribution in [0, 0.1) is 0 Å². The van der Waals surface area contributed by atoms with E-state index in [2.05, 4.69) is 16.0 Å². The number of carbonyl (C=O) groups excluding carboxylic acids is 1. The Morgan fingerprint density at radius 1 is 1.20 bits per heavy atom. The van der Waals surface area contributed by atoms with Crippen molar-refractivity contribution in [2.45, 2.75) is 25.3 Å². The number of carbonyl (C=O) groups is 2. The minimum absolute atomic E-state index is 0.341. The molecule has 1 aliphatic rings. The normalized spacial score (nSPS) is 14.7. The van der Waals surface area contributed by atoms with Crippen molar-refractivity contribution in [1.29, 1.82) is 0 Å². The summed E-state index contributed by atoms with van der Waals surface area (Å²) in [4.78, 5) is 21.1. The Hall–Kier alpha value is -1.30. The molecule has 0 aliphatic heterocycles. The van der Waals surface area contributed by atoms with Crippen LogP contribution in [-0.2, 0) is 4.79 Å². The molecule has 0 radical (unpaired) electrons. The molecule has 1 rings (SSSR count). The fraction of sp³-hybridized carbons (Fsp3) is 0.778. The Morgan fingerprint density at radius 3 is 2.53 bits per heavy atom. The molecule has 2 amide bonds. The first kappa shape index (κ1) is 11.8. The highest BCUT2D eigenvalue weighted by Crippen LogP contribution is 2.18. The predicted molar refractivity (Wildman–Crippen MR) is 54.7 cm³/mol. The molecule has 0 aromatic carbocycles. The molecule has 6 heteroatoms. The lowest BCUT2D eigenvalue weighted by molar-refractivity contribution is -0.135. The Bertz CT molecular complexity index is 229. The summed E-state index contributed by atoms with van der Waals surface area (Å²) in [6.07, 6.45) is 3.37. The number of carboxylic acid groups (broad SMARTS) is 1. The van der Waals surface area contributed by atoms with Gasteiger partial charge in [-0.1, -0.05) is 0 Å². The summed E-state index contributed by atoms with van der Waals surface area (Å²) in [5.74, 6) is -1.04. The van der Waals surface area contributed by atoms with Gasteiger partial charge in [-0.2, -0.15) is 0 Å². The molecule has 0 spiro atoms. The highest BCUT2D eigenvalue weighted by atomic mass is 16.4. The van der Waals surface area contributed by atoms with E-state index in [1.165, 1.54) is 12.8 Å². The van der Waals surface area contributed by atoms with E-state index in [1.54, 1.807) is 0 Å². The van der Waals surface area contributed by atoms with E-state index in [0.29, 0.717) is 12.6 Å². The molecule has 15 heavy (non-hydrogen) atoms. The first-order valence-corrected chi connectivity index (χ1v) is 5.15. The van der Waals surface area contributed by atoms with Crippen molar-refractivity contribution in [1.82, 2.24) is 16.0 Å². The van der Waals surface area contributed by atoms with Crippen molar-refractivity contribution in [3.8, 4) is 0 Å². The third-order valence-electron chi connectivity index (χ3n) is 2.05. The summed E-state index contributed by atoms with van der Waals surface area (Å²) in [7, 11) is 0. The summed E-state index contributed by atoms with van der Waals surface area (Å²) in [5, 5.41) is 16.4. The van der Waals surface area contributed by atoms with Crippen LogP contribution in [0.3, 0.4) is 0 Å². The molecule has 1 fully saturated rings. The fourth-order valence-electron chi connectivity index (χ4n) is 1.10. The zero-order valence-corrected chi connectivity index (χ0v) is 8.58. The van der Waals surface area contributed by atoms with Gasteiger partial charge in [-0.3, -0.25) is 4.79 Å². The van der Waals surface area contributed by atoms with E-state index in [9.17, 15) is 9.59 Å². The first-order valence-electron chi connectivity index (χ1n) is 5.15. The molecule has 0 unspecified atom stereocenters. The van der Waals surface area contributed by atoms with Gasteiger partial charge in [0.1, 0.15) is 6.54 Å². The zero-order chi connectivity index (χ0) is 11.1. The largest absolute Gasteiger partial charge is 0.480 e. The molecule has 0 saturated heterocycles. The van der Waals surface area contributed by atoms with Gasteiger partial charge >= 0.3 is 12.0 Å². The van der Waals surface area contributed by atoms with Gasteiger partial charge in [-0.25, -0.2) is 4.79 Å². The van der Waals surface area contributed by atoms with Gasteiger partial charge in [-0.15, -0.1) is 0 Å². The van der Waals surface area contributed by atoms with Crippen LogP contribution in [0.15, 0.2) is 0 Å². The number of nitrogens with one attached hydrogen (secondary N) is 3. The molecule has 0 aromatic rings. The molecule has 1 aliphatic carbocycles. The smallest absolute Gasteiger partial charge is 0.323 e. The number of urea groups is 1. The van der Waals surface area contributed by atoms with Crippen molar-refractivity contribution in [2.24, 2.45) is 0 Å². The number of rotatable bonds is 7. The second-order valence-electron chi connectivity index (χ2n) is 3.59. The van der Waals surface area contributed by atoms with Gasteiger partial charge in [0.25, 0.3) is 0 Å². The van der Waals surface area contributed by atoms with Crippen LogP contribution >= 0.6 is 0 Å². The Labute approximate surface area is 88.4 Å². The van der Waals surface area contributed by atoms with E-state index in [0.717, 1.165) is 13.0 Å². The van der Waals surface area contributed by atoms with Crippen molar-refractivity contribution in [3.05, 3.63) is 0 Å². The van der Waals surface area contributed by atoms with Gasteiger partial charge in [0.05, 0.1) is 0 Å². The maximum atomic E-state index is 11.0. The Balaban J connectivity index is 1.84. The second kappa shape index (κ2) is 6.23. The Kier molecular flexibility index (Phi) is 4.89. The molecular weight excluding hydrogens is 198 g/mol. The lowest BCUT2D eigenvalue weighted by atomic mass is 10.4. The third kappa shape index (κ3) is 6.73. The summed E-state index contributed by atoms with van der Waals surface area (Å²) in [6.45, 7) is 1.11. The van der Waals surface area contributed by atoms with Crippen LogP contribution in [0.4, 0.5) is 4.79 Å². The van der Waals surface area contributed by atoms with Crippen molar-refractivity contribution in [3.63, 3.8) is 0 Å². The number of aliphatic carboxylic acids is 1. The maximum absolute atomic E-state index is 11.0. The summed E-state index contributed by atoms with van der Waals surface area (Å²) < 4.78 is 0. The standard InChI is InChI=1S/C9H17N3O3/c13-8(14)6-12-9(15)11-5-1-4-10-7-2-3-7/h7,10H,1-6H2,(H,13,14)(H2,11,12,15). The lowest BCUT2D eigenvalue weighted by Crippen LogP contribution is -2.39. The lowest BCUT2D eigenvalue weighted by Gasteiger charge is -2.06. The van der Waals surface area contributed by atoms with Crippen LogP contribution in [-0.4, -0.2) is 42.8 Å². The highest BCUT2D eigenvalue weighted by molar-refractivity contribution is 5.79. The topological polar surface area (TPSA) is 90.5 Å². The van der Waals surface area contributed by atoms with Crippen LogP contribution in [0.2, 0.25) is 0 Å². The van der Waals surface area contributed by atoms with Gasteiger partial charge in [0.15, 0.2) is 0 Å². The SMILES string of the molecule is O=C(O)CNC(=O)NCCCNC1CC1. The van der Waals surface area contributed by atoms with Gasteiger partial charge in [-0.05, 0) is 25.8 Å². The molecule has 4 N–H and O–H groups in total. The average Bonchev–Trinajstić information content (AvgIpc) is 2.98. The summed E-state index contributed by atoms with van der Waals surface area (Å²) in [5.41, 5.74) is 0. The minimum atomic E-state index is -1.04. The number of amides is 2. The molecule has 6 nitrogen and oxygen atoms in total. The van der Waals surface area contributed by atoms with Crippen molar-refractivity contribution < 1.29 is 14.7 Å². The van der Waals surface area contributed by atoms with Crippen LogP contribution in [0.5, 0.6) is 0 Å². The van der Waals surface area contributed by atoms with E-state index in [-0.39, 0.29) is 6.54 Å². The highest BCUT2D eigenvalue weighted by Gasteiger charge is 2.19. The van der Waals surface area contributed by atoms with E-state index < -0.39 is 12.0 Å². The monoisotopic (exact) mass is 215 g/mol. The summed E-state index contributed by atoms with van der Waals surface area (Å²) in [6, 6.07) is 0.259. The van der Waals surface area contributed by atoms with E-state index >= 15 is 0 Å². The molecule has 86 valence electrons. The van der Waals surface area contributed by atoms with Crippen LogP contribution in [0.1, 0.15) is 19.3 Å². The third-order valence-corrected chi connectivity index (χ3v) is 2.05. The average molecular weight is 215 g/mol. The van der Waals surface area contributed by atoms with Gasteiger partial charge in [0, 0.05) is 12.6 Å². The number of hydrogen-bond acceptors (Lipinski definition) is 3. The van der Waals surface area contributed by atoms with Crippen LogP contribution < -0.4 is 16.0 Å². The molecule has 0 bridgehead atoms. The molecule has 0 atom stereocenters. The zero-order valence-electron chi connectivity index (χ0n) is 8.58. The number of carboxylic acids is 1. The van der Waals surface area contributed by atoms with Gasteiger partial charge < -0.3 is 21.1 Å². The van der Waals surface area contributed by atoms with Crippen LogP contribution in [0.25, 0.3) is 0 Å². The Morgan fingerprint density at radius 2 is 1.93 bits per heavy atom. The number of hydrogen-bond donors (Lipinski definition) is 4. The molecule has 1 saturated carbocycles. The van der Waals surface area contributed by atoms with E-state index in [4.69, 9.17) is 5.11 Å². The molecule has 0 heterocycles. The predicted octanol–water partition coefficient (Wildman–Crippen LogP) is -0.488.